The van der Waals surface area contributed by atoms with Gasteiger partial charge >= 0.3 is 0 Å². The second-order valence-corrected chi connectivity index (χ2v) is 5.00. The van der Waals surface area contributed by atoms with E-state index in [9.17, 15) is 4.79 Å². The van der Waals surface area contributed by atoms with Crippen molar-refractivity contribution in [2.75, 3.05) is 13.1 Å². The van der Waals surface area contributed by atoms with Crippen LogP contribution in [-0.4, -0.2) is 23.9 Å². The third-order valence-electron chi connectivity index (χ3n) is 3.26. The standard InChI is InChI=1S/C17H26N2O.ClH/c1-2-14-19(15-16-10-6-5-7-11-16)17(20)12-8-3-4-9-13-18;/h2,5-7,10-11H,1,3-4,8-9,12-15,18H2;1H. The number of amides is 1. The summed E-state index contributed by atoms with van der Waals surface area (Å²) in [6.45, 7) is 5.75. The van der Waals surface area contributed by atoms with Gasteiger partial charge in [0.2, 0.25) is 5.91 Å². The molecule has 0 spiro atoms. The van der Waals surface area contributed by atoms with Gasteiger partial charge in [0.1, 0.15) is 0 Å². The van der Waals surface area contributed by atoms with E-state index in [0.717, 1.165) is 37.8 Å². The van der Waals surface area contributed by atoms with Gasteiger partial charge in [-0.2, -0.15) is 0 Å². The van der Waals surface area contributed by atoms with Crippen molar-refractivity contribution in [3.63, 3.8) is 0 Å². The zero-order valence-electron chi connectivity index (χ0n) is 12.7. The first-order valence-electron chi connectivity index (χ1n) is 7.40. The Morgan fingerprint density at radius 1 is 1.14 bits per heavy atom. The number of carbonyl (C=O) groups excluding carboxylic acids is 1. The summed E-state index contributed by atoms with van der Waals surface area (Å²) in [6.07, 6.45) is 6.59. The Kier molecular flexibility index (Phi) is 11.6. The van der Waals surface area contributed by atoms with E-state index in [1.54, 1.807) is 6.08 Å². The largest absolute Gasteiger partial charge is 0.335 e. The average molecular weight is 311 g/mol. The lowest BCUT2D eigenvalue weighted by molar-refractivity contribution is -0.131. The molecule has 1 aromatic rings. The predicted molar refractivity (Wildman–Crippen MR) is 91.4 cm³/mol. The van der Waals surface area contributed by atoms with Crippen LogP contribution in [0.4, 0.5) is 0 Å². The second kappa shape index (κ2) is 12.4. The molecule has 118 valence electrons. The van der Waals surface area contributed by atoms with E-state index >= 15 is 0 Å². The van der Waals surface area contributed by atoms with Gasteiger partial charge in [0.15, 0.2) is 0 Å². The van der Waals surface area contributed by atoms with Crippen LogP contribution in [0.3, 0.4) is 0 Å². The zero-order valence-corrected chi connectivity index (χ0v) is 13.5. The lowest BCUT2D eigenvalue weighted by Crippen LogP contribution is -2.30. The van der Waals surface area contributed by atoms with E-state index in [1.807, 2.05) is 35.2 Å². The van der Waals surface area contributed by atoms with E-state index in [2.05, 4.69) is 6.58 Å². The first-order chi connectivity index (χ1) is 9.77. The number of benzene rings is 1. The molecule has 0 aliphatic rings. The monoisotopic (exact) mass is 310 g/mol. The van der Waals surface area contributed by atoms with Gasteiger partial charge in [-0.15, -0.1) is 19.0 Å². The van der Waals surface area contributed by atoms with Gasteiger partial charge in [0.25, 0.3) is 0 Å². The molecule has 2 N–H and O–H groups in total. The highest BCUT2D eigenvalue weighted by molar-refractivity contribution is 5.85. The van der Waals surface area contributed by atoms with Gasteiger partial charge in [-0.05, 0) is 24.9 Å². The Morgan fingerprint density at radius 2 is 1.81 bits per heavy atom. The molecule has 4 heteroatoms. The Balaban J connectivity index is 0.00000400. The smallest absolute Gasteiger partial charge is 0.223 e. The van der Waals surface area contributed by atoms with Crippen molar-refractivity contribution >= 4 is 18.3 Å². The molecule has 0 unspecified atom stereocenters. The molecule has 0 saturated carbocycles. The van der Waals surface area contributed by atoms with Crippen molar-refractivity contribution in [3.05, 3.63) is 48.6 Å². The Morgan fingerprint density at radius 3 is 2.43 bits per heavy atom. The van der Waals surface area contributed by atoms with E-state index in [4.69, 9.17) is 5.73 Å². The van der Waals surface area contributed by atoms with Crippen molar-refractivity contribution in [1.82, 2.24) is 4.90 Å². The number of unbranched alkanes of at least 4 members (excludes halogenated alkanes) is 3. The van der Waals surface area contributed by atoms with Crippen LogP contribution < -0.4 is 5.73 Å². The molecule has 0 aliphatic heterocycles. The molecule has 0 aliphatic carbocycles. The summed E-state index contributed by atoms with van der Waals surface area (Å²) in [5.74, 6) is 0.210. The summed E-state index contributed by atoms with van der Waals surface area (Å²) in [5, 5.41) is 0. The summed E-state index contributed by atoms with van der Waals surface area (Å²) >= 11 is 0. The molecule has 0 heterocycles. The van der Waals surface area contributed by atoms with Crippen molar-refractivity contribution < 1.29 is 4.79 Å². The summed E-state index contributed by atoms with van der Waals surface area (Å²) < 4.78 is 0. The number of carbonyl (C=O) groups is 1. The van der Waals surface area contributed by atoms with Gasteiger partial charge in [0, 0.05) is 19.5 Å². The molecular formula is C17H27ClN2O. The van der Waals surface area contributed by atoms with Crippen molar-refractivity contribution in [3.8, 4) is 0 Å². The number of rotatable bonds is 10. The molecule has 21 heavy (non-hydrogen) atoms. The van der Waals surface area contributed by atoms with E-state index in [0.29, 0.717) is 19.5 Å². The normalized spacial score (nSPS) is 9.76. The van der Waals surface area contributed by atoms with Gasteiger partial charge in [-0.25, -0.2) is 0 Å². The van der Waals surface area contributed by atoms with Crippen LogP contribution in [0, 0.1) is 0 Å². The minimum absolute atomic E-state index is 0. The molecule has 1 amide bonds. The topological polar surface area (TPSA) is 46.3 Å². The number of hydrogen-bond acceptors (Lipinski definition) is 2. The highest BCUT2D eigenvalue weighted by atomic mass is 35.5. The highest BCUT2D eigenvalue weighted by Crippen LogP contribution is 2.09. The molecule has 0 radical (unpaired) electrons. The van der Waals surface area contributed by atoms with Crippen molar-refractivity contribution in [1.29, 1.82) is 0 Å². The van der Waals surface area contributed by atoms with Gasteiger partial charge < -0.3 is 10.6 Å². The summed E-state index contributed by atoms with van der Waals surface area (Å²) in [5.41, 5.74) is 6.62. The first kappa shape index (κ1) is 19.7. The quantitative estimate of drug-likeness (QED) is 0.531. The highest BCUT2D eigenvalue weighted by Gasteiger charge is 2.11. The van der Waals surface area contributed by atoms with Crippen LogP contribution in [-0.2, 0) is 11.3 Å². The summed E-state index contributed by atoms with van der Waals surface area (Å²) in [7, 11) is 0. The molecule has 0 aromatic heterocycles. The summed E-state index contributed by atoms with van der Waals surface area (Å²) in [4.78, 5) is 14.1. The maximum Gasteiger partial charge on any atom is 0.223 e. The Bertz CT molecular complexity index is 395. The maximum absolute atomic E-state index is 12.2. The minimum Gasteiger partial charge on any atom is -0.335 e. The molecule has 0 saturated heterocycles. The number of nitrogens with two attached hydrogens (primary N) is 1. The fourth-order valence-corrected chi connectivity index (χ4v) is 2.15. The Hall–Kier alpha value is -1.32. The molecule has 3 nitrogen and oxygen atoms in total. The summed E-state index contributed by atoms with van der Waals surface area (Å²) in [6, 6.07) is 10.1. The molecular weight excluding hydrogens is 284 g/mol. The molecule has 0 fully saturated rings. The third kappa shape index (κ3) is 8.53. The van der Waals surface area contributed by atoms with Crippen LogP contribution >= 0.6 is 12.4 Å². The fraction of sp³-hybridized carbons (Fsp3) is 0.471. The van der Waals surface area contributed by atoms with E-state index < -0.39 is 0 Å². The fourth-order valence-electron chi connectivity index (χ4n) is 2.15. The molecule has 0 atom stereocenters. The lowest BCUT2D eigenvalue weighted by atomic mass is 10.1. The van der Waals surface area contributed by atoms with Crippen molar-refractivity contribution in [2.24, 2.45) is 5.73 Å². The van der Waals surface area contributed by atoms with Crippen LogP contribution in [0.5, 0.6) is 0 Å². The van der Waals surface area contributed by atoms with Gasteiger partial charge in [-0.3, -0.25) is 4.79 Å². The van der Waals surface area contributed by atoms with E-state index in [1.165, 1.54) is 0 Å². The van der Waals surface area contributed by atoms with Crippen LogP contribution in [0.2, 0.25) is 0 Å². The predicted octanol–water partition coefficient (Wildman–Crippen LogP) is 3.53. The van der Waals surface area contributed by atoms with Gasteiger partial charge in [0.05, 0.1) is 0 Å². The maximum atomic E-state index is 12.2. The average Bonchev–Trinajstić information content (AvgIpc) is 2.47. The lowest BCUT2D eigenvalue weighted by Gasteiger charge is -2.21. The molecule has 1 rings (SSSR count). The number of halogens is 1. The first-order valence-corrected chi connectivity index (χ1v) is 7.40. The Labute approximate surface area is 134 Å². The second-order valence-electron chi connectivity index (χ2n) is 5.00. The number of nitrogens with zero attached hydrogens (tertiary/aromatic N) is 1. The number of hydrogen-bond donors (Lipinski definition) is 1. The van der Waals surface area contributed by atoms with Crippen LogP contribution in [0.1, 0.15) is 37.7 Å². The molecule has 1 aromatic carbocycles. The zero-order chi connectivity index (χ0) is 14.6. The van der Waals surface area contributed by atoms with Crippen LogP contribution in [0.15, 0.2) is 43.0 Å². The minimum atomic E-state index is 0. The van der Waals surface area contributed by atoms with Crippen molar-refractivity contribution in [2.45, 2.75) is 38.6 Å². The van der Waals surface area contributed by atoms with Crippen LogP contribution in [0.25, 0.3) is 0 Å². The SMILES string of the molecule is C=CCN(Cc1ccccc1)C(=O)CCCCCCN.Cl. The molecule has 0 bridgehead atoms. The van der Waals surface area contributed by atoms with Gasteiger partial charge in [-0.1, -0.05) is 49.2 Å². The van der Waals surface area contributed by atoms with E-state index in [-0.39, 0.29) is 18.3 Å². The third-order valence-corrected chi connectivity index (χ3v) is 3.26.